The van der Waals surface area contributed by atoms with Crippen molar-refractivity contribution in [2.24, 2.45) is 0 Å². The molecule has 0 aliphatic heterocycles. The largest absolute Gasteiger partial charge is 0.488 e. The van der Waals surface area contributed by atoms with Crippen LogP contribution >= 0.6 is 34.3 Å². The van der Waals surface area contributed by atoms with Crippen LogP contribution in [0.3, 0.4) is 0 Å². The zero-order valence-corrected chi connectivity index (χ0v) is 57.2. The molecule has 0 unspecified atom stereocenters. The van der Waals surface area contributed by atoms with Crippen LogP contribution in [-0.2, 0) is 0 Å². The van der Waals surface area contributed by atoms with Gasteiger partial charge in [0, 0.05) is 78.0 Å². The lowest BCUT2D eigenvalue weighted by molar-refractivity contribution is 0.426. The van der Waals surface area contributed by atoms with Crippen LogP contribution in [-0.4, -0.2) is 37.1 Å². The van der Waals surface area contributed by atoms with Gasteiger partial charge in [0.15, 0.2) is 0 Å². The van der Waals surface area contributed by atoms with Gasteiger partial charge < -0.3 is 10.0 Å². The van der Waals surface area contributed by atoms with Gasteiger partial charge in [0.25, 0.3) is 0 Å². The Morgan fingerprint density at radius 1 is 0.255 bits per heavy atom. The molecular weight excluding hydrogens is 1300 g/mol. The molecule has 10 heteroatoms. The Morgan fingerprint density at radius 2 is 0.559 bits per heavy atom. The maximum atomic E-state index is 9.24. The van der Waals surface area contributed by atoms with Crippen molar-refractivity contribution in [2.45, 2.75) is 0 Å². The van der Waals surface area contributed by atoms with Crippen LogP contribution in [0.2, 0.25) is 5.02 Å². The first-order valence-electron chi connectivity index (χ1n) is 33.9. The first-order valence-corrected chi connectivity index (χ1v) is 35.9. The summed E-state index contributed by atoms with van der Waals surface area (Å²) in [4.78, 5) is 19.8. The van der Waals surface area contributed by atoms with E-state index in [1.165, 1.54) is 106 Å². The third-order valence-corrected chi connectivity index (χ3v) is 22.1. The van der Waals surface area contributed by atoms with Gasteiger partial charge in [-0.15, -0.1) is 22.7 Å². The minimum absolute atomic E-state index is 0.497. The Balaban J connectivity index is 0.000000119. The summed E-state index contributed by atoms with van der Waals surface area (Å²) >= 11 is 9.72. The Kier molecular flexibility index (Phi) is 16.2. The molecule has 4 aromatic heterocycles. The molecule has 480 valence electrons. The Bertz CT molecular complexity index is 6530. The van der Waals surface area contributed by atoms with Crippen molar-refractivity contribution in [3.05, 3.63) is 345 Å². The number of fused-ring (bicyclic) bond motifs is 18. The van der Waals surface area contributed by atoms with Gasteiger partial charge in [0.2, 0.25) is 0 Å². The monoisotopic (exact) mass is 1360 g/mol. The summed E-state index contributed by atoms with van der Waals surface area (Å²) in [5, 5.41) is 33.8. The fraction of sp³-hybridized carbons (Fsp3) is 0. The third-order valence-electron chi connectivity index (χ3n) is 19.4. The van der Waals surface area contributed by atoms with Gasteiger partial charge in [-0.25, -0.2) is 9.97 Å². The summed E-state index contributed by atoms with van der Waals surface area (Å²) in [7, 11) is -1.43. The SMILES string of the molecule is Clc1ccc(-c2cnc3c4ccccc4c4ccccc4c3n2)cc1.OB(O)c1ccc(-c2ccc(-c3cccc4c3sc3ccccc34)cc2)cc1.c1cc(-c2ccc(-c3cnc4c5ccccc5c5ccccc5c4n3)cc2)cc(-c2ccc(-c3cccc4c3sc3ccccc34)cc2)c1. The Labute approximate surface area is 601 Å². The second kappa shape index (κ2) is 26.6. The van der Waals surface area contributed by atoms with Gasteiger partial charge in [-0.2, -0.15) is 0 Å². The van der Waals surface area contributed by atoms with Crippen molar-refractivity contribution in [3.63, 3.8) is 0 Å². The Morgan fingerprint density at radius 3 is 0.961 bits per heavy atom. The van der Waals surface area contributed by atoms with E-state index in [2.05, 4.69) is 267 Å². The minimum Gasteiger partial charge on any atom is -0.423 e. The molecule has 20 rings (SSSR count). The molecule has 0 saturated heterocycles. The summed E-state index contributed by atoms with van der Waals surface area (Å²) in [5.74, 6) is 0. The van der Waals surface area contributed by atoms with Gasteiger partial charge in [-0.3, -0.25) is 9.97 Å². The standard InChI is InChI=1S/C46H28N2S.C24H17BO2S.C22H13ClN2/c1-3-14-39-36(11-1)37-12-2-4-15-40(37)45-44(39)47-28-42(48-45)32-25-21-30(22-26-32)34-10-7-9-33(27-34)29-19-23-31(24-20-29)35-16-8-17-41-38-13-5-6-18-43(38)49-46(35)41;26-25(27)19-14-12-17(13-15-19)16-8-10-18(11-9-16)20-5-3-6-22-21-4-1-2-7-23(21)28-24(20)22;23-15-11-9-14(10-12-15)20-13-24-21-18-7-3-1-5-16(18)17-6-2-4-8-19(17)22(21)25-20/h1-28H;1-15,26-27H;1-13H. The number of aromatic nitrogens is 4. The normalized spacial score (nSPS) is 11.5. The molecule has 4 heterocycles. The highest BCUT2D eigenvalue weighted by molar-refractivity contribution is 7.26. The van der Waals surface area contributed by atoms with E-state index in [0.717, 1.165) is 77.3 Å². The van der Waals surface area contributed by atoms with Crippen molar-refractivity contribution in [1.29, 1.82) is 0 Å². The molecule has 0 radical (unpaired) electrons. The molecule has 20 aromatic rings. The average molecular weight is 1360 g/mol. The lowest BCUT2D eigenvalue weighted by atomic mass is 9.80. The van der Waals surface area contributed by atoms with Gasteiger partial charge in [-0.05, 0) is 113 Å². The predicted octanol–water partition coefficient (Wildman–Crippen LogP) is 24.3. The van der Waals surface area contributed by atoms with E-state index >= 15 is 0 Å². The molecule has 0 saturated carbocycles. The van der Waals surface area contributed by atoms with Crippen LogP contribution in [0.1, 0.15) is 0 Å². The molecule has 0 spiro atoms. The van der Waals surface area contributed by atoms with Crippen LogP contribution in [0, 0.1) is 0 Å². The highest BCUT2D eigenvalue weighted by atomic mass is 35.5. The smallest absolute Gasteiger partial charge is 0.423 e. The van der Waals surface area contributed by atoms with Crippen molar-refractivity contribution in [1.82, 2.24) is 19.9 Å². The molecule has 0 aliphatic carbocycles. The van der Waals surface area contributed by atoms with E-state index in [9.17, 15) is 10.0 Å². The van der Waals surface area contributed by atoms with Crippen molar-refractivity contribution in [3.8, 4) is 78.1 Å². The zero-order chi connectivity index (χ0) is 68.2. The maximum Gasteiger partial charge on any atom is 0.488 e. The zero-order valence-electron chi connectivity index (χ0n) is 54.8. The summed E-state index contributed by atoms with van der Waals surface area (Å²) in [6.07, 6.45) is 3.75. The summed E-state index contributed by atoms with van der Waals surface area (Å²) < 4.78 is 5.31. The quantitative estimate of drug-likeness (QED) is 0.116. The first kappa shape index (κ1) is 62.2. The third kappa shape index (κ3) is 11.6. The molecule has 102 heavy (non-hydrogen) atoms. The topological polar surface area (TPSA) is 92.0 Å². The number of thiophene rings is 2. The van der Waals surface area contributed by atoms with Crippen LogP contribution in [0.25, 0.3) is 184 Å². The van der Waals surface area contributed by atoms with Crippen LogP contribution < -0.4 is 5.46 Å². The molecule has 0 amide bonds. The molecule has 0 atom stereocenters. The van der Waals surface area contributed by atoms with Crippen molar-refractivity contribution >= 4 is 152 Å². The number of hydrogen-bond acceptors (Lipinski definition) is 8. The fourth-order valence-electron chi connectivity index (χ4n) is 14.3. The summed E-state index contributed by atoms with van der Waals surface area (Å²) in [6.45, 7) is 0. The van der Waals surface area contributed by atoms with Crippen molar-refractivity contribution in [2.75, 3.05) is 0 Å². The molecule has 0 bridgehead atoms. The first-order chi connectivity index (χ1) is 50.3. The summed E-state index contributed by atoms with van der Waals surface area (Å²) in [6, 6.07) is 114. The van der Waals surface area contributed by atoms with Crippen LogP contribution in [0.5, 0.6) is 0 Å². The number of benzene rings is 16. The lowest BCUT2D eigenvalue weighted by Crippen LogP contribution is -2.29. The van der Waals surface area contributed by atoms with Gasteiger partial charge in [0.05, 0.1) is 45.8 Å². The lowest BCUT2D eigenvalue weighted by Gasteiger charge is -2.11. The number of nitrogens with zero attached hydrogens (tertiary/aromatic N) is 4. The summed E-state index contributed by atoms with van der Waals surface area (Å²) in [5.41, 5.74) is 19.9. The van der Waals surface area contributed by atoms with Gasteiger partial charge in [-0.1, -0.05) is 309 Å². The van der Waals surface area contributed by atoms with E-state index in [-0.39, 0.29) is 0 Å². The van der Waals surface area contributed by atoms with Crippen LogP contribution in [0.4, 0.5) is 0 Å². The highest BCUT2D eigenvalue weighted by Crippen LogP contribution is 2.43. The van der Waals surface area contributed by atoms with E-state index in [0.29, 0.717) is 10.5 Å². The molecule has 0 fully saturated rings. The van der Waals surface area contributed by atoms with E-state index in [1.807, 2.05) is 83.6 Å². The molecule has 0 aliphatic rings. The Hall–Kier alpha value is -12.0. The second-order valence-corrected chi connectivity index (χ2v) is 28.0. The fourth-order valence-corrected chi connectivity index (χ4v) is 16.9. The van der Waals surface area contributed by atoms with Gasteiger partial charge in [0.1, 0.15) is 0 Å². The van der Waals surface area contributed by atoms with Crippen molar-refractivity contribution < 1.29 is 10.0 Å². The molecule has 2 N–H and O–H groups in total. The van der Waals surface area contributed by atoms with Crippen LogP contribution in [0.15, 0.2) is 340 Å². The minimum atomic E-state index is -1.43. The molecular formula is C92H58BClN4O2S2. The second-order valence-electron chi connectivity index (χ2n) is 25.5. The van der Waals surface area contributed by atoms with E-state index in [1.54, 1.807) is 12.1 Å². The van der Waals surface area contributed by atoms with E-state index in [4.69, 9.17) is 31.5 Å². The number of halogens is 1. The number of hydrogen-bond donors (Lipinski definition) is 2. The highest BCUT2D eigenvalue weighted by Gasteiger charge is 2.18. The maximum absolute atomic E-state index is 9.24. The average Bonchev–Trinajstić information content (AvgIpc) is 1.10. The van der Waals surface area contributed by atoms with E-state index < -0.39 is 7.12 Å². The molecule has 16 aromatic carbocycles. The number of rotatable bonds is 8. The molecule has 6 nitrogen and oxygen atoms in total. The van der Waals surface area contributed by atoms with Gasteiger partial charge >= 0.3 is 7.12 Å². The predicted molar refractivity (Wildman–Crippen MR) is 434 cm³/mol.